The van der Waals surface area contributed by atoms with Gasteiger partial charge in [0.15, 0.2) is 17.4 Å². The predicted molar refractivity (Wildman–Crippen MR) is 60.7 cm³/mol. The number of hydrogen-bond donors (Lipinski definition) is 0. The van der Waals surface area contributed by atoms with Crippen molar-refractivity contribution in [2.75, 3.05) is 21.1 Å². The Balaban J connectivity index is 0. The molecule has 0 aromatic heterocycles. The molecule has 0 saturated heterocycles. The molecule has 0 amide bonds. The van der Waals surface area contributed by atoms with E-state index in [9.17, 15) is 0 Å². The topological polar surface area (TPSA) is 3.24 Å². The van der Waals surface area contributed by atoms with E-state index in [1.165, 1.54) is 5.56 Å². The van der Waals surface area contributed by atoms with Gasteiger partial charge in [-0.25, -0.2) is 0 Å². The molecule has 1 aromatic carbocycles. The SMILES string of the molecule is CN(C)C.Cc1ccccc1.[AlH3]. The van der Waals surface area contributed by atoms with Crippen molar-refractivity contribution < 1.29 is 0 Å². The summed E-state index contributed by atoms with van der Waals surface area (Å²) in [6.45, 7) is 2.08. The molecule has 0 saturated carbocycles. The van der Waals surface area contributed by atoms with Crippen molar-refractivity contribution in [1.82, 2.24) is 4.90 Å². The summed E-state index contributed by atoms with van der Waals surface area (Å²) in [5.41, 5.74) is 1.32. The molecule has 0 bridgehead atoms. The smallest absolute Gasteiger partial charge is 0.187 e. The van der Waals surface area contributed by atoms with E-state index in [-0.39, 0.29) is 17.4 Å². The van der Waals surface area contributed by atoms with Crippen molar-refractivity contribution in [3.8, 4) is 0 Å². The highest BCUT2D eigenvalue weighted by Crippen LogP contribution is 1.92. The van der Waals surface area contributed by atoms with Crippen molar-refractivity contribution in [2.24, 2.45) is 0 Å². The third-order valence-electron chi connectivity index (χ3n) is 0.940. The van der Waals surface area contributed by atoms with E-state index < -0.39 is 0 Å². The van der Waals surface area contributed by atoms with E-state index in [0.29, 0.717) is 0 Å². The van der Waals surface area contributed by atoms with Gasteiger partial charge in [0, 0.05) is 0 Å². The van der Waals surface area contributed by atoms with Crippen molar-refractivity contribution in [3.63, 3.8) is 0 Å². The molecule has 1 nitrogen and oxygen atoms in total. The van der Waals surface area contributed by atoms with Crippen LogP contribution in [0.4, 0.5) is 0 Å². The van der Waals surface area contributed by atoms with Crippen molar-refractivity contribution in [2.45, 2.75) is 6.92 Å². The van der Waals surface area contributed by atoms with Crippen LogP contribution in [-0.2, 0) is 0 Å². The van der Waals surface area contributed by atoms with E-state index in [1.54, 1.807) is 0 Å². The zero-order valence-corrected chi connectivity index (χ0v) is 7.83. The van der Waals surface area contributed by atoms with Gasteiger partial charge in [0.25, 0.3) is 0 Å². The molecular weight excluding hydrogens is 161 g/mol. The Kier molecular flexibility index (Phi) is 10.5. The molecule has 0 aliphatic heterocycles. The van der Waals surface area contributed by atoms with Gasteiger partial charge in [0.05, 0.1) is 0 Å². The van der Waals surface area contributed by atoms with Gasteiger partial charge in [-0.05, 0) is 28.1 Å². The zero-order chi connectivity index (χ0) is 8.69. The molecule has 0 unspecified atom stereocenters. The van der Waals surface area contributed by atoms with Gasteiger partial charge >= 0.3 is 0 Å². The Morgan fingerprint density at radius 3 is 1.42 bits per heavy atom. The van der Waals surface area contributed by atoms with Gasteiger partial charge in [-0.1, -0.05) is 35.9 Å². The number of aryl methyl sites for hydroxylation is 1. The van der Waals surface area contributed by atoms with Crippen LogP contribution in [0.1, 0.15) is 5.56 Å². The summed E-state index contributed by atoms with van der Waals surface area (Å²) in [7, 11) is 6.00. The molecule has 0 atom stereocenters. The van der Waals surface area contributed by atoms with Crippen molar-refractivity contribution in [3.05, 3.63) is 35.9 Å². The van der Waals surface area contributed by atoms with Gasteiger partial charge in [-0.15, -0.1) is 0 Å². The average molecular weight is 181 g/mol. The molecule has 0 N–H and O–H groups in total. The van der Waals surface area contributed by atoms with Crippen LogP contribution in [0.15, 0.2) is 30.3 Å². The predicted octanol–water partition coefficient (Wildman–Crippen LogP) is 0.989. The highest BCUT2D eigenvalue weighted by atomic mass is 27.0. The average Bonchev–Trinajstić information content (AvgIpc) is 1.87. The van der Waals surface area contributed by atoms with Gasteiger partial charge in [-0.2, -0.15) is 0 Å². The molecule has 2 heteroatoms. The maximum Gasteiger partial charge on any atom is 0.187 e. The fourth-order valence-electron chi connectivity index (χ4n) is 0.534. The molecule has 1 rings (SSSR count). The van der Waals surface area contributed by atoms with Crippen LogP contribution in [0.5, 0.6) is 0 Å². The molecule has 0 aliphatic rings. The Labute approximate surface area is 86.5 Å². The Bertz CT molecular complexity index is 170. The Hall–Kier alpha value is -0.288. The first-order chi connectivity index (χ1) is 5.13. The minimum Gasteiger partial charge on any atom is -0.312 e. The molecule has 68 valence electrons. The lowest BCUT2D eigenvalue weighted by Gasteiger charge is -1.90. The van der Waals surface area contributed by atoms with Crippen LogP contribution in [0.3, 0.4) is 0 Å². The van der Waals surface area contributed by atoms with E-state index in [4.69, 9.17) is 0 Å². The zero-order valence-electron chi connectivity index (χ0n) is 7.83. The van der Waals surface area contributed by atoms with Crippen molar-refractivity contribution in [1.29, 1.82) is 0 Å². The van der Waals surface area contributed by atoms with Crippen LogP contribution in [-0.4, -0.2) is 43.4 Å². The second-order valence-corrected chi connectivity index (χ2v) is 3.00. The maximum absolute atomic E-state index is 2.08. The number of rotatable bonds is 0. The number of hydrogen-bond acceptors (Lipinski definition) is 1. The summed E-state index contributed by atoms with van der Waals surface area (Å²) in [5, 5.41) is 0. The third kappa shape index (κ3) is 12.4. The fourth-order valence-corrected chi connectivity index (χ4v) is 0.534. The largest absolute Gasteiger partial charge is 0.312 e. The lowest BCUT2D eigenvalue weighted by molar-refractivity contribution is 0.505. The first-order valence-electron chi connectivity index (χ1n) is 3.75. The monoisotopic (exact) mass is 181 g/mol. The van der Waals surface area contributed by atoms with Crippen LogP contribution in [0.2, 0.25) is 0 Å². The molecule has 0 heterocycles. The molecule has 0 spiro atoms. The lowest BCUT2D eigenvalue weighted by atomic mass is 10.2. The normalized spacial score (nSPS) is 8.08. The summed E-state index contributed by atoms with van der Waals surface area (Å²) in [6.07, 6.45) is 0. The van der Waals surface area contributed by atoms with Gasteiger partial charge in [0.2, 0.25) is 0 Å². The van der Waals surface area contributed by atoms with E-state index in [2.05, 4.69) is 19.1 Å². The number of benzene rings is 1. The third-order valence-corrected chi connectivity index (χ3v) is 0.940. The molecule has 1 aromatic rings. The first kappa shape index (κ1) is 14.2. The fraction of sp³-hybridized carbons (Fsp3) is 0.400. The first-order valence-corrected chi connectivity index (χ1v) is 3.75. The van der Waals surface area contributed by atoms with Crippen LogP contribution in [0, 0.1) is 6.92 Å². The van der Waals surface area contributed by atoms with E-state index in [1.807, 2.05) is 44.2 Å². The van der Waals surface area contributed by atoms with E-state index in [0.717, 1.165) is 0 Å². The van der Waals surface area contributed by atoms with Crippen LogP contribution >= 0.6 is 0 Å². The molecule has 0 fully saturated rings. The standard InChI is InChI=1S/C7H8.C3H9N.Al.3H/c1-7-5-3-2-4-6-7;1-4(2)3;;;;/h2-6H,1H3;1-3H3;;;;. The minimum atomic E-state index is 0. The molecule has 12 heavy (non-hydrogen) atoms. The van der Waals surface area contributed by atoms with Crippen molar-refractivity contribution >= 4 is 17.4 Å². The molecule has 0 aliphatic carbocycles. The summed E-state index contributed by atoms with van der Waals surface area (Å²) >= 11 is 0. The summed E-state index contributed by atoms with van der Waals surface area (Å²) < 4.78 is 0. The highest BCUT2D eigenvalue weighted by molar-refractivity contribution is 5.75. The van der Waals surface area contributed by atoms with Crippen LogP contribution < -0.4 is 0 Å². The molecule has 0 radical (unpaired) electrons. The summed E-state index contributed by atoms with van der Waals surface area (Å²) in [4.78, 5) is 2.00. The number of nitrogens with zero attached hydrogens (tertiary/aromatic N) is 1. The quantitative estimate of drug-likeness (QED) is 0.539. The van der Waals surface area contributed by atoms with Gasteiger partial charge < -0.3 is 4.90 Å². The summed E-state index contributed by atoms with van der Waals surface area (Å²) in [6, 6.07) is 10.3. The Morgan fingerprint density at radius 1 is 0.917 bits per heavy atom. The van der Waals surface area contributed by atoms with E-state index >= 15 is 0 Å². The maximum atomic E-state index is 2.08. The summed E-state index contributed by atoms with van der Waals surface area (Å²) in [5.74, 6) is 0. The highest BCUT2D eigenvalue weighted by Gasteiger charge is 1.72. The van der Waals surface area contributed by atoms with Gasteiger partial charge in [-0.3, -0.25) is 0 Å². The van der Waals surface area contributed by atoms with Gasteiger partial charge in [0.1, 0.15) is 0 Å². The minimum absolute atomic E-state index is 0. The second-order valence-electron chi connectivity index (χ2n) is 3.00. The lowest BCUT2D eigenvalue weighted by Crippen LogP contribution is -1.99. The Morgan fingerprint density at radius 2 is 1.25 bits per heavy atom. The van der Waals surface area contributed by atoms with Crippen LogP contribution in [0.25, 0.3) is 0 Å². The second kappa shape index (κ2) is 8.81. The molecular formula is C10H20AlN.